The molecule has 2 saturated heterocycles. The molecule has 2 aromatic carbocycles. The van der Waals surface area contributed by atoms with Gasteiger partial charge in [-0.3, -0.25) is 14.6 Å². The average molecular weight is 630 g/mol. The van der Waals surface area contributed by atoms with Crippen LogP contribution >= 0.6 is 0 Å². The van der Waals surface area contributed by atoms with E-state index in [2.05, 4.69) is 68.5 Å². The summed E-state index contributed by atoms with van der Waals surface area (Å²) in [5.74, 6) is 3.30. The van der Waals surface area contributed by atoms with Crippen LogP contribution in [0.2, 0.25) is 0 Å². The molecule has 3 N–H and O–H groups in total. The molecule has 8 heteroatoms. The van der Waals surface area contributed by atoms with Crippen LogP contribution < -0.4 is 10.2 Å². The Labute approximate surface area is 277 Å². The van der Waals surface area contributed by atoms with Crippen molar-refractivity contribution in [2.24, 2.45) is 0 Å². The number of phenols is 1. The van der Waals surface area contributed by atoms with E-state index >= 15 is 0 Å². The molecule has 1 aromatic heterocycles. The molecule has 250 valence electrons. The fourth-order valence-corrected chi connectivity index (χ4v) is 5.90. The summed E-state index contributed by atoms with van der Waals surface area (Å²) in [5, 5.41) is 22.4. The van der Waals surface area contributed by atoms with Gasteiger partial charge in [-0.2, -0.15) is 0 Å². The lowest BCUT2D eigenvalue weighted by molar-refractivity contribution is 0.0996. The lowest BCUT2D eigenvalue weighted by Crippen LogP contribution is -2.53. The number of benzene rings is 2. The maximum Gasteiger partial charge on any atom is 0.171 e. The van der Waals surface area contributed by atoms with E-state index in [0.29, 0.717) is 29.5 Å². The number of nitrogens with one attached hydrogen (secondary N) is 1. The van der Waals surface area contributed by atoms with E-state index in [1.165, 1.54) is 54.6 Å². The third-order valence-electron chi connectivity index (χ3n) is 8.30. The number of aromatic nitrogens is 1. The smallest absolute Gasteiger partial charge is 0.171 e. The number of rotatable bonds is 9. The van der Waals surface area contributed by atoms with E-state index in [4.69, 9.17) is 0 Å². The number of carbonyl (C=O) groups is 1. The number of pyridine rings is 1. The number of aldehydes is 1. The Morgan fingerprint density at radius 1 is 0.957 bits per heavy atom. The Bertz CT molecular complexity index is 1360. The van der Waals surface area contributed by atoms with Gasteiger partial charge in [-0.05, 0) is 87.6 Å². The van der Waals surface area contributed by atoms with Gasteiger partial charge in [0.05, 0.1) is 0 Å². The van der Waals surface area contributed by atoms with Gasteiger partial charge in [0, 0.05) is 57.1 Å². The van der Waals surface area contributed by atoms with Crippen LogP contribution in [0, 0.1) is 19.3 Å². The molecule has 46 heavy (non-hydrogen) atoms. The Balaban J connectivity index is 0.000000412. The molecule has 2 aliphatic rings. The van der Waals surface area contributed by atoms with E-state index in [1.807, 2.05) is 26.1 Å². The number of hydrogen-bond acceptors (Lipinski definition) is 8. The summed E-state index contributed by atoms with van der Waals surface area (Å²) in [6.45, 7) is 13.7. The van der Waals surface area contributed by atoms with Gasteiger partial charge in [-0.25, -0.2) is 4.98 Å². The average Bonchev–Trinajstić information content (AvgIpc) is 3.05. The molecule has 0 aliphatic carbocycles. The third-order valence-corrected chi connectivity index (χ3v) is 8.30. The van der Waals surface area contributed by atoms with Gasteiger partial charge in [0.1, 0.15) is 5.75 Å². The van der Waals surface area contributed by atoms with Gasteiger partial charge < -0.3 is 20.4 Å². The van der Waals surface area contributed by atoms with Crippen molar-refractivity contribution in [3.05, 3.63) is 82.5 Å². The summed E-state index contributed by atoms with van der Waals surface area (Å²) in [6, 6.07) is 16.9. The summed E-state index contributed by atoms with van der Waals surface area (Å²) in [6.07, 6.45) is 11.6. The predicted octanol–water partition coefficient (Wildman–Crippen LogP) is 6.03. The van der Waals surface area contributed by atoms with E-state index in [0.717, 1.165) is 57.9 Å². The van der Waals surface area contributed by atoms with Crippen molar-refractivity contribution in [2.75, 3.05) is 51.2 Å². The quantitative estimate of drug-likeness (QED) is 0.195. The van der Waals surface area contributed by atoms with Crippen LogP contribution in [0.3, 0.4) is 0 Å². The van der Waals surface area contributed by atoms with E-state index in [9.17, 15) is 15.0 Å². The van der Waals surface area contributed by atoms with Crippen LogP contribution in [0.5, 0.6) is 11.5 Å². The number of aromatic hydroxyl groups is 2. The van der Waals surface area contributed by atoms with Crippen molar-refractivity contribution in [2.45, 2.75) is 73.0 Å². The number of piperidine rings is 1. The predicted molar refractivity (Wildman–Crippen MR) is 191 cm³/mol. The van der Waals surface area contributed by atoms with Gasteiger partial charge in [0.15, 0.2) is 17.9 Å². The molecule has 0 spiro atoms. The van der Waals surface area contributed by atoms with Crippen molar-refractivity contribution in [3.63, 3.8) is 0 Å². The molecule has 0 atom stereocenters. The van der Waals surface area contributed by atoms with Crippen LogP contribution in [0.25, 0.3) is 0 Å². The highest BCUT2D eigenvalue weighted by atomic mass is 16.3. The number of carbonyl (C=O) groups excluding carboxylic acids is 1. The molecule has 0 unspecified atom stereocenters. The number of phenolic OH excluding ortho intramolecular Hbond substituents is 1. The number of nitrogens with zero attached hydrogens (tertiary/aromatic N) is 4. The number of aryl methyl sites for hydroxylation is 2. The zero-order valence-corrected chi connectivity index (χ0v) is 27.5. The second-order valence-corrected chi connectivity index (χ2v) is 11.8. The first kappa shape index (κ1) is 38.3. The van der Waals surface area contributed by atoms with E-state index in [1.54, 1.807) is 13.0 Å². The number of terminal acetylenes is 1. The first-order valence-corrected chi connectivity index (χ1v) is 16.1. The largest absolute Gasteiger partial charge is 0.508 e. The Morgan fingerprint density at radius 2 is 1.57 bits per heavy atom. The highest BCUT2D eigenvalue weighted by Crippen LogP contribution is 2.27. The molecule has 0 saturated carbocycles. The number of hydrogen-bond donors (Lipinski definition) is 3. The van der Waals surface area contributed by atoms with Crippen molar-refractivity contribution >= 4 is 12.1 Å². The van der Waals surface area contributed by atoms with Gasteiger partial charge >= 0.3 is 0 Å². The summed E-state index contributed by atoms with van der Waals surface area (Å²) >= 11 is 0. The van der Waals surface area contributed by atoms with E-state index < -0.39 is 0 Å². The van der Waals surface area contributed by atoms with Gasteiger partial charge in [-0.1, -0.05) is 57.2 Å². The zero-order chi connectivity index (χ0) is 32.6. The molecule has 5 rings (SSSR count). The SMILES string of the molecule is C.C#CC.CCCc1ccc(CN2CCC(N3CCN(c4ncc(C=O)cc4O)CC3)CC2)cc1.CNCc1ccc(O)c(C)c1. The van der Waals surface area contributed by atoms with Crippen LogP contribution in [0.1, 0.15) is 73.1 Å². The highest BCUT2D eigenvalue weighted by Gasteiger charge is 2.28. The molecular formula is C38H55N5O3. The summed E-state index contributed by atoms with van der Waals surface area (Å²) in [5.41, 5.74) is 5.39. The molecule has 0 amide bonds. The Morgan fingerprint density at radius 3 is 2.11 bits per heavy atom. The van der Waals surface area contributed by atoms with Crippen molar-refractivity contribution in [3.8, 4) is 23.8 Å². The monoisotopic (exact) mass is 629 g/mol. The van der Waals surface area contributed by atoms with Gasteiger partial charge in [-0.15, -0.1) is 12.3 Å². The lowest BCUT2D eigenvalue weighted by atomic mass is 10.0. The highest BCUT2D eigenvalue weighted by molar-refractivity contribution is 5.76. The maximum absolute atomic E-state index is 10.9. The molecule has 3 aromatic rings. The molecule has 8 nitrogen and oxygen atoms in total. The molecule has 0 bridgehead atoms. The fourth-order valence-electron chi connectivity index (χ4n) is 5.90. The standard InChI is InChI=1S/C25H34N4O2.C9H13NO.C3H4.CH4/c1-2-3-20-4-6-21(7-5-20)18-27-10-8-23(9-11-27)28-12-14-29(15-13-28)25-24(31)16-22(19-30)17-26-25;1-7-5-8(6-10-2)3-4-9(7)11;1-3-2;/h4-7,16-17,19,23,31H,2-3,8-15,18H2,1H3;3-5,10-11H,6H2,1-2H3;1H,2H3;1H4. The summed E-state index contributed by atoms with van der Waals surface area (Å²) < 4.78 is 0. The molecule has 2 fully saturated rings. The number of likely N-dealkylation sites (tertiary alicyclic amines) is 1. The van der Waals surface area contributed by atoms with Crippen molar-refractivity contribution in [1.82, 2.24) is 20.1 Å². The molecular weight excluding hydrogens is 574 g/mol. The summed E-state index contributed by atoms with van der Waals surface area (Å²) in [4.78, 5) is 22.5. The van der Waals surface area contributed by atoms with Crippen LogP contribution in [0.15, 0.2) is 54.7 Å². The van der Waals surface area contributed by atoms with Crippen LogP contribution in [0.4, 0.5) is 5.82 Å². The minimum atomic E-state index is 0. The third kappa shape index (κ3) is 11.8. The van der Waals surface area contributed by atoms with Crippen LogP contribution in [-0.4, -0.2) is 83.6 Å². The normalized spacial score (nSPS) is 15.3. The topological polar surface area (TPSA) is 92.2 Å². The number of anilines is 1. The lowest BCUT2D eigenvalue weighted by Gasteiger charge is -2.43. The second kappa shape index (κ2) is 20.3. The molecule has 2 aliphatic heterocycles. The van der Waals surface area contributed by atoms with Gasteiger partial charge in [0.25, 0.3) is 0 Å². The molecule has 3 heterocycles. The Hall–Kier alpha value is -3.90. The van der Waals surface area contributed by atoms with Crippen molar-refractivity contribution in [1.29, 1.82) is 0 Å². The first-order chi connectivity index (χ1) is 21.8. The van der Waals surface area contributed by atoms with Gasteiger partial charge in [0.2, 0.25) is 0 Å². The van der Waals surface area contributed by atoms with Crippen molar-refractivity contribution < 1.29 is 15.0 Å². The summed E-state index contributed by atoms with van der Waals surface area (Å²) in [7, 11) is 1.90. The molecule has 0 radical (unpaired) electrons. The maximum atomic E-state index is 10.9. The zero-order valence-electron chi connectivity index (χ0n) is 27.5. The first-order valence-electron chi connectivity index (χ1n) is 16.1. The Kier molecular flexibility index (Phi) is 16.9. The number of piperazine rings is 1. The fraction of sp³-hybridized carbons (Fsp3) is 0.474. The van der Waals surface area contributed by atoms with E-state index in [-0.39, 0.29) is 13.2 Å². The van der Waals surface area contributed by atoms with Crippen LogP contribution in [-0.2, 0) is 19.5 Å². The minimum Gasteiger partial charge on any atom is -0.508 e. The second-order valence-electron chi connectivity index (χ2n) is 11.8. The minimum absolute atomic E-state index is 0.